The molecule has 13 heavy (non-hydrogen) atoms. The number of rotatable bonds is 2. The summed E-state index contributed by atoms with van der Waals surface area (Å²) in [6.07, 6.45) is 3.93. The molecule has 0 spiro atoms. The zero-order chi connectivity index (χ0) is 9.10. The fraction of sp³-hybridized carbons (Fsp3) is 0.500. The molecule has 0 bridgehead atoms. The first-order chi connectivity index (χ1) is 6.40. The highest BCUT2D eigenvalue weighted by molar-refractivity contribution is 5.20. The molecule has 1 aromatic rings. The van der Waals surface area contributed by atoms with Crippen molar-refractivity contribution in [3.05, 3.63) is 35.9 Å². The minimum absolute atomic E-state index is 0.769. The molecular weight excluding hydrogens is 158 g/mol. The number of hydrogen-bond donors (Lipinski definition) is 1. The molecule has 1 nitrogen and oxygen atoms in total. The van der Waals surface area contributed by atoms with Crippen LogP contribution in [0, 0.1) is 5.92 Å². The van der Waals surface area contributed by atoms with E-state index in [0.29, 0.717) is 0 Å². The maximum Gasteiger partial charge on any atom is -0.00486 e. The molecule has 0 saturated heterocycles. The summed E-state index contributed by atoms with van der Waals surface area (Å²) in [5, 5.41) is 0. The van der Waals surface area contributed by atoms with E-state index in [9.17, 15) is 0 Å². The third kappa shape index (κ3) is 1.92. The Hall–Kier alpha value is -0.820. The zero-order valence-electron chi connectivity index (χ0n) is 7.95. The molecule has 2 N–H and O–H groups in total. The summed E-state index contributed by atoms with van der Waals surface area (Å²) in [7, 11) is 0. The fourth-order valence-corrected chi connectivity index (χ4v) is 2.32. The molecule has 70 valence electrons. The Morgan fingerprint density at radius 2 is 1.92 bits per heavy atom. The third-order valence-corrected chi connectivity index (χ3v) is 3.15. The van der Waals surface area contributed by atoms with Crippen molar-refractivity contribution in [3.8, 4) is 0 Å². The molecule has 0 aromatic heterocycles. The predicted molar refractivity (Wildman–Crippen MR) is 55.6 cm³/mol. The molecule has 2 atom stereocenters. The van der Waals surface area contributed by atoms with Gasteiger partial charge in [0.1, 0.15) is 0 Å². The lowest BCUT2D eigenvalue weighted by Gasteiger charge is -2.09. The van der Waals surface area contributed by atoms with Crippen LogP contribution >= 0.6 is 0 Å². The normalized spacial score (nSPS) is 27.8. The van der Waals surface area contributed by atoms with Crippen molar-refractivity contribution in [2.45, 2.75) is 25.2 Å². The molecule has 1 aromatic carbocycles. The average Bonchev–Trinajstić information content (AvgIpc) is 2.67. The lowest BCUT2D eigenvalue weighted by molar-refractivity contribution is 0.551. The fourth-order valence-electron chi connectivity index (χ4n) is 2.32. The van der Waals surface area contributed by atoms with Crippen LogP contribution in [-0.2, 0) is 0 Å². The highest BCUT2D eigenvalue weighted by atomic mass is 14.6. The second-order valence-corrected chi connectivity index (χ2v) is 4.02. The van der Waals surface area contributed by atoms with Gasteiger partial charge in [-0.15, -0.1) is 0 Å². The highest BCUT2D eigenvalue weighted by Gasteiger charge is 2.24. The number of nitrogens with two attached hydrogens (primary N) is 1. The van der Waals surface area contributed by atoms with Crippen LogP contribution in [0.3, 0.4) is 0 Å². The molecule has 0 unspecified atom stereocenters. The standard InChI is InChI=1S/C12H17N/c13-9-10-6-7-12(8-10)11-4-2-1-3-5-11/h1-5,10,12H,6-9,13H2/t10-,12-/m1/s1. The second kappa shape index (κ2) is 3.93. The molecule has 1 fully saturated rings. The minimum atomic E-state index is 0.769. The molecule has 2 rings (SSSR count). The Labute approximate surface area is 80.0 Å². The van der Waals surface area contributed by atoms with Crippen molar-refractivity contribution >= 4 is 0 Å². The van der Waals surface area contributed by atoms with Crippen molar-refractivity contribution < 1.29 is 0 Å². The summed E-state index contributed by atoms with van der Waals surface area (Å²) in [6.45, 7) is 0.864. The summed E-state index contributed by atoms with van der Waals surface area (Å²) < 4.78 is 0. The molecule has 0 aliphatic heterocycles. The summed E-state index contributed by atoms with van der Waals surface area (Å²) in [6, 6.07) is 10.8. The summed E-state index contributed by atoms with van der Waals surface area (Å²) in [5.74, 6) is 1.54. The largest absolute Gasteiger partial charge is 0.330 e. The first-order valence-corrected chi connectivity index (χ1v) is 5.15. The van der Waals surface area contributed by atoms with Gasteiger partial charge in [0.05, 0.1) is 0 Å². The molecule has 1 aliphatic carbocycles. The Morgan fingerprint density at radius 3 is 2.54 bits per heavy atom. The van der Waals surface area contributed by atoms with E-state index in [1.165, 1.54) is 24.8 Å². The summed E-state index contributed by atoms with van der Waals surface area (Å²) in [5.41, 5.74) is 7.17. The maximum atomic E-state index is 5.67. The van der Waals surface area contributed by atoms with Gasteiger partial charge in [-0.25, -0.2) is 0 Å². The van der Waals surface area contributed by atoms with Gasteiger partial charge in [-0.05, 0) is 43.2 Å². The van der Waals surface area contributed by atoms with Crippen LogP contribution in [0.1, 0.15) is 30.7 Å². The van der Waals surface area contributed by atoms with Gasteiger partial charge < -0.3 is 5.73 Å². The number of benzene rings is 1. The van der Waals surface area contributed by atoms with E-state index >= 15 is 0 Å². The van der Waals surface area contributed by atoms with E-state index in [1.807, 2.05) is 0 Å². The van der Waals surface area contributed by atoms with Crippen molar-refractivity contribution in [2.75, 3.05) is 6.54 Å². The smallest absolute Gasteiger partial charge is 0.00486 e. The lowest BCUT2D eigenvalue weighted by Crippen LogP contribution is -2.10. The molecular formula is C12H17N. The van der Waals surface area contributed by atoms with E-state index in [-0.39, 0.29) is 0 Å². The van der Waals surface area contributed by atoms with Crippen LogP contribution in [-0.4, -0.2) is 6.54 Å². The van der Waals surface area contributed by atoms with Crippen LogP contribution in [0.4, 0.5) is 0 Å². The van der Waals surface area contributed by atoms with Crippen LogP contribution < -0.4 is 5.73 Å². The summed E-state index contributed by atoms with van der Waals surface area (Å²) in [4.78, 5) is 0. The second-order valence-electron chi connectivity index (χ2n) is 4.02. The van der Waals surface area contributed by atoms with E-state index in [2.05, 4.69) is 30.3 Å². The minimum Gasteiger partial charge on any atom is -0.330 e. The molecule has 0 amide bonds. The van der Waals surface area contributed by atoms with E-state index in [1.54, 1.807) is 0 Å². The van der Waals surface area contributed by atoms with Gasteiger partial charge in [0, 0.05) is 0 Å². The average molecular weight is 175 g/mol. The topological polar surface area (TPSA) is 26.0 Å². The van der Waals surface area contributed by atoms with Gasteiger partial charge in [-0.1, -0.05) is 30.3 Å². The van der Waals surface area contributed by atoms with Crippen LogP contribution in [0.25, 0.3) is 0 Å². The van der Waals surface area contributed by atoms with Crippen molar-refractivity contribution in [2.24, 2.45) is 11.7 Å². The molecule has 0 radical (unpaired) electrons. The van der Waals surface area contributed by atoms with Crippen LogP contribution in [0.15, 0.2) is 30.3 Å². The van der Waals surface area contributed by atoms with Gasteiger partial charge >= 0.3 is 0 Å². The van der Waals surface area contributed by atoms with Gasteiger partial charge in [0.25, 0.3) is 0 Å². The van der Waals surface area contributed by atoms with Crippen molar-refractivity contribution in [1.82, 2.24) is 0 Å². The Morgan fingerprint density at radius 1 is 1.15 bits per heavy atom. The highest BCUT2D eigenvalue weighted by Crippen LogP contribution is 2.37. The maximum absolute atomic E-state index is 5.67. The van der Waals surface area contributed by atoms with Crippen LogP contribution in [0.5, 0.6) is 0 Å². The van der Waals surface area contributed by atoms with Crippen molar-refractivity contribution in [1.29, 1.82) is 0 Å². The van der Waals surface area contributed by atoms with Gasteiger partial charge in [0.15, 0.2) is 0 Å². The van der Waals surface area contributed by atoms with Gasteiger partial charge in [0.2, 0.25) is 0 Å². The van der Waals surface area contributed by atoms with Crippen LogP contribution in [0.2, 0.25) is 0 Å². The SMILES string of the molecule is NC[C@@H]1CC[C@@H](c2ccccc2)C1. The summed E-state index contributed by atoms with van der Waals surface area (Å²) >= 11 is 0. The molecule has 1 saturated carbocycles. The van der Waals surface area contributed by atoms with E-state index in [0.717, 1.165) is 18.4 Å². The number of hydrogen-bond acceptors (Lipinski definition) is 1. The van der Waals surface area contributed by atoms with Gasteiger partial charge in [-0.3, -0.25) is 0 Å². The lowest BCUT2D eigenvalue weighted by atomic mass is 9.96. The Balaban J connectivity index is 2.04. The predicted octanol–water partition coefficient (Wildman–Crippen LogP) is 2.53. The molecule has 1 heteroatoms. The molecule has 1 aliphatic rings. The van der Waals surface area contributed by atoms with Crippen molar-refractivity contribution in [3.63, 3.8) is 0 Å². The third-order valence-electron chi connectivity index (χ3n) is 3.15. The van der Waals surface area contributed by atoms with Gasteiger partial charge in [-0.2, -0.15) is 0 Å². The van der Waals surface area contributed by atoms with E-state index in [4.69, 9.17) is 5.73 Å². The van der Waals surface area contributed by atoms with E-state index < -0.39 is 0 Å². The Bertz CT molecular complexity index is 255. The zero-order valence-corrected chi connectivity index (χ0v) is 7.95. The molecule has 0 heterocycles. The first-order valence-electron chi connectivity index (χ1n) is 5.15. The first kappa shape index (κ1) is 8.76. The Kier molecular flexibility index (Phi) is 2.65. The monoisotopic (exact) mass is 175 g/mol. The quantitative estimate of drug-likeness (QED) is 0.734.